The van der Waals surface area contributed by atoms with Gasteiger partial charge >= 0.3 is 17.9 Å². The lowest BCUT2D eigenvalue weighted by Gasteiger charge is -2.18. The van der Waals surface area contributed by atoms with Crippen LogP contribution in [0.2, 0.25) is 0 Å². The molecular weight excluding hydrogens is 841 g/mol. The van der Waals surface area contributed by atoms with Gasteiger partial charge in [-0.25, -0.2) is 0 Å². The SMILES string of the molecule is CC/C=C\C/C=C\C/C=C\C/C=C\C/C=C\C/C=C\CCC(=O)OCC(COC(=O)CCCCCC/C=C\C/C=C\C/C=C\CC)OC(=O)CCC/C=C\C/C=C\C/C=C\CCCCCCCC. The predicted octanol–water partition coefficient (Wildman–Crippen LogP) is 18.0. The lowest BCUT2D eigenvalue weighted by atomic mass is 10.1. The van der Waals surface area contributed by atoms with Crippen molar-refractivity contribution in [1.82, 2.24) is 0 Å². The fraction of sp³-hybridized carbons (Fsp3) is 0.565. The number of ether oxygens (including phenoxy) is 3. The summed E-state index contributed by atoms with van der Waals surface area (Å²) in [4.78, 5) is 38.0. The van der Waals surface area contributed by atoms with Crippen LogP contribution in [0.5, 0.6) is 0 Å². The zero-order valence-corrected chi connectivity index (χ0v) is 43.3. The van der Waals surface area contributed by atoms with Gasteiger partial charge in [-0.1, -0.05) is 212 Å². The molecule has 1 atom stereocenters. The fourth-order valence-electron chi connectivity index (χ4n) is 6.61. The minimum atomic E-state index is -0.851. The zero-order valence-electron chi connectivity index (χ0n) is 43.3. The van der Waals surface area contributed by atoms with Crippen molar-refractivity contribution < 1.29 is 28.6 Å². The van der Waals surface area contributed by atoms with Crippen molar-refractivity contribution in [2.24, 2.45) is 0 Å². The summed E-state index contributed by atoms with van der Waals surface area (Å²) in [6.45, 7) is 6.25. The Bertz CT molecular complexity index is 1540. The van der Waals surface area contributed by atoms with Crippen molar-refractivity contribution in [2.75, 3.05) is 13.2 Å². The number of esters is 3. The first-order valence-electron chi connectivity index (χ1n) is 26.8. The van der Waals surface area contributed by atoms with Crippen LogP contribution < -0.4 is 0 Å². The standard InChI is InChI=1S/C62H96O6/c1-4-7-10-13-16-19-22-25-28-30-31-33-34-37-40-43-46-49-52-55-61(64)67-58-59(57-66-60(63)54-51-48-45-42-39-36-27-24-21-18-15-12-9-6-3)68-62(65)56-53-50-47-44-41-38-35-32-29-26-23-20-17-14-11-8-5-2/h7,9-10,12,16,18-19,21,25-29,31,33,35-38,40,44,46-47,49,59H,4-6,8,11,13-15,17,20,22-24,30,32,34,39,41-43,45,48,50-58H2,1-3H3/b10-7-,12-9-,19-16-,21-18-,28-25-,29-26-,33-31-,36-27-,38-35-,40-37-,47-44-,49-46-. The number of hydrogen-bond acceptors (Lipinski definition) is 6. The van der Waals surface area contributed by atoms with Crippen molar-refractivity contribution in [3.05, 3.63) is 146 Å². The Morgan fingerprint density at radius 1 is 0.309 bits per heavy atom. The van der Waals surface area contributed by atoms with E-state index in [4.69, 9.17) is 14.2 Å². The molecule has 0 spiro atoms. The van der Waals surface area contributed by atoms with Crippen molar-refractivity contribution in [3.8, 4) is 0 Å². The summed E-state index contributed by atoms with van der Waals surface area (Å²) in [5, 5.41) is 0. The van der Waals surface area contributed by atoms with Gasteiger partial charge in [-0.05, 0) is 122 Å². The van der Waals surface area contributed by atoms with E-state index in [1.54, 1.807) is 0 Å². The van der Waals surface area contributed by atoms with Gasteiger partial charge in [-0.3, -0.25) is 14.4 Å². The van der Waals surface area contributed by atoms with Crippen LogP contribution in [-0.2, 0) is 28.6 Å². The number of hydrogen-bond donors (Lipinski definition) is 0. The Kier molecular flexibility index (Phi) is 51.1. The maximum absolute atomic E-state index is 12.8. The highest BCUT2D eigenvalue weighted by Gasteiger charge is 2.19. The molecule has 1 unspecified atom stereocenters. The van der Waals surface area contributed by atoms with E-state index in [0.717, 1.165) is 109 Å². The second kappa shape index (κ2) is 54.9. The molecule has 0 aromatic carbocycles. The molecule has 68 heavy (non-hydrogen) atoms. The maximum Gasteiger partial charge on any atom is 0.306 e. The third kappa shape index (κ3) is 52.3. The van der Waals surface area contributed by atoms with Crippen LogP contribution in [0.1, 0.15) is 207 Å². The van der Waals surface area contributed by atoms with E-state index in [1.165, 1.54) is 44.9 Å². The summed E-state index contributed by atoms with van der Waals surface area (Å²) in [5.74, 6) is -1.11. The van der Waals surface area contributed by atoms with E-state index in [-0.39, 0.29) is 38.0 Å². The lowest BCUT2D eigenvalue weighted by Crippen LogP contribution is -2.30. The molecule has 0 aliphatic heterocycles. The zero-order chi connectivity index (χ0) is 49.3. The van der Waals surface area contributed by atoms with Gasteiger partial charge in [0.25, 0.3) is 0 Å². The second-order valence-electron chi connectivity index (χ2n) is 17.0. The summed E-state index contributed by atoms with van der Waals surface area (Å²) in [6.07, 6.45) is 78.5. The molecule has 0 aromatic rings. The van der Waals surface area contributed by atoms with Gasteiger partial charge in [-0.2, -0.15) is 0 Å². The Labute approximate surface area is 417 Å². The first kappa shape index (κ1) is 63.3. The van der Waals surface area contributed by atoms with E-state index in [0.29, 0.717) is 19.3 Å². The van der Waals surface area contributed by atoms with Crippen molar-refractivity contribution in [3.63, 3.8) is 0 Å². The van der Waals surface area contributed by atoms with Crippen LogP contribution in [0.25, 0.3) is 0 Å². The highest BCUT2D eigenvalue weighted by atomic mass is 16.6. The van der Waals surface area contributed by atoms with Crippen LogP contribution in [0.3, 0.4) is 0 Å². The van der Waals surface area contributed by atoms with Gasteiger partial charge in [0.1, 0.15) is 13.2 Å². The summed E-state index contributed by atoms with van der Waals surface area (Å²) in [7, 11) is 0. The normalized spacial score (nSPS) is 13.3. The monoisotopic (exact) mass is 937 g/mol. The molecule has 0 fully saturated rings. The minimum absolute atomic E-state index is 0.139. The third-order valence-electron chi connectivity index (χ3n) is 10.6. The fourth-order valence-corrected chi connectivity index (χ4v) is 6.61. The lowest BCUT2D eigenvalue weighted by molar-refractivity contribution is -0.166. The molecular formula is C62H96O6. The third-order valence-corrected chi connectivity index (χ3v) is 10.6. The molecule has 0 aliphatic carbocycles. The quantitative estimate of drug-likeness (QED) is 0.0262. The Balaban J connectivity index is 4.64. The van der Waals surface area contributed by atoms with E-state index >= 15 is 0 Å². The maximum atomic E-state index is 12.8. The van der Waals surface area contributed by atoms with Crippen LogP contribution in [-0.4, -0.2) is 37.2 Å². The van der Waals surface area contributed by atoms with E-state index in [1.807, 2.05) is 12.2 Å². The molecule has 0 radical (unpaired) electrons. The van der Waals surface area contributed by atoms with Crippen LogP contribution in [0.15, 0.2) is 146 Å². The summed E-state index contributed by atoms with van der Waals surface area (Å²) >= 11 is 0. The van der Waals surface area contributed by atoms with Crippen LogP contribution >= 0.6 is 0 Å². The van der Waals surface area contributed by atoms with Crippen LogP contribution in [0, 0.1) is 0 Å². The van der Waals surface area contributed by atoms with Crippen molar-refractivity contribution >= 4 is 17.9 Å². The van der Waals surface area contributed by atoms with Crippen LogP contribution in [0.4, 0.5) is 0 Å². The molecule has 380 valence electrons. The highest BCUT2D eigenvalue weighted by Crippen LogP contribution is 2.11. The molecule has 0 heterocycles. The Morgan fingerprint density at radius 3 is 1.03 bits per heavy atom. The molecule has 0 bridgehead atoms. The second-order valence-corrected chi connectivity index (χ2v) is 17.0. The van der Waals surface area contributed by atoms with Gasteiger partial charge in [0.2, 0.25) is 0 Å². The van der Waals surface area contributed by atoms with Crippen molar-refractivity contribution in [2.45, 2.75) is 213 Å². The average molecular weight is 937 g/mol. The van der Waals surface area contributed by atoms with Gasteiger partial charge in [-0.15, -0.1) is 0 Å². The molecule has 6 heteroatoms. The molecule has 0 saturated carbocycles. The minimum Gasteiger partial charge on any atom is -0.462 e. The summed E-state index contributed by atoms with van der Waals surface area (Å²) in [6, 6.07) is 0. The smallest absolute Gasteiger partial charge is 0.306 e. The molecule has 0 N–H and O–H groups in total. The predicted molar refractivity (Wildman–Crippen MR) is 292 cm³/mol. The number of unbranched alkanes of at least 4 members (excludes halogenated alkanes) is 11. The van der Waals surface area contributed by atoms with Gasteiger partial charge in [0.05, 0.1) is 0 Å². The number of carbonyl (C=O) groups excluding carboxylic acids is 3. The summed E-state index contributed by atoms with van der Waals surface area (Å²) < 4.78 is 16.7. The molecule has 0 aromatic heterocycles. The van der Waals surface area contributed by atoms with Gasteiger partial charge in [0, 0.05) is 19.3 Å². The number of carbonyl (C=O) groups is 3. The molecule has 6 nitrogen and oxygen atoms in total. The summed E-state index contributed by atoms with van der Waals surface area (Å²) in [5.41, 5.74) is 0. The molecule has 0 amide bonds. The van der Waals surface area contributed by atoms with E-state index in [9.17, 15) is 14.4 Å². The highest BCUT2D eigenvalue weighted by molar-refractivity contribution is 5.71. The van der Waals surface area contributed by atoms with Crippen molar-refractivity contribution in [1.29, 1.82) is 0 Å². The van der Waals surface area contributed by atoms with Gasteiger partial charge < -0.3 is 14.2 Å². The Hall–Kier alpha value is -4.71. The van der Waals surface area contributed by atoms with Gasteiger partial charge in [0.15, 0.2) is 6.10 Å². The Morgan fingerprint density at radius 2 is 0.618 bits per heavy atom. The molecule has 0 aliphatic rings. The number of rotatable bonds is 46. The van der Waals surface area contributed by atoms with E-state index in [2.05, 4.69) is 154 Å². The topological polar surface area (TPSA) is 78.9 Å². The molecule has 0 saturated heterocycles. The first-order chi connectivity index (χ1) is 33.5. The number of allylic oxidation sites excluding steroid dienone is 24. The van der Waals surface area contributed by atoms with E-state index < -0.39 is 12.1 Å². The molecule has 0 rings (SSSR count). The largest absolute Gasteiger partial charge is 0.462 e. The average Bonchev–Trinajstić information content (AvgIpc) is 3.34. The first-order valence-corrected chi connectivity index (χ1v) is 26.8.